The molecule has 0 fully saturated rings. The third kappa shape index (κ3) is 3.47. The van der Waals surface area contributed by atoms with Crippen LogP contribution in [0, 0.1) is 0 Å². The monoisotopic (exact) mass is 312 g/mol. The van der Waals surface area contributed by atoms with E-state index in [0.717, 1.165) is 22.6 Å². The highest BCUT2D eigenvalue weighted by Gasteiger charge is 2.10. The van der Waals surface area contributed by atoms with Crippen molar-refractivity contribution in [2.75, 3.05) is 7.11 Å². The molecule has 2 N–H and O–H groups in total. The van der Waals surface area contributed by atoms with Crippen LogP contribution < -0.4 is 10.1 Å². The van der Waals surface area contributed by atoms with E-state index >= 15 is 0 Å². The van der Waals surface area contributed by atoms with Gasteiger partial charge in [0.25, 0.3) is 0 Å². The van der Waals surface area contributed by atoms with Crippen molar-refractivity contribution in [1.82, 2.24) is 10.3 Å². The number of carboxylic acids is 1. The van der Waals surface area contributed by atoms with Crippen LogP contribution in [0.25, 0.3) is 0 Å². The Morgan fingerprint density at radius 1 is 1.50 bits per heavy atom. The molecule has 1 aromatic carbocycles. The second-order valence-corrected chi connectivity index (χ2v) is 5.24. The molecule has 106 valence electrons. The third-order valence-electron chi connectivity index (χ3n) is 2.64. The highest BCUT2D eigenvalue weighted by molar-refractivity contribution is 7.11. The quantitative estimate of drug-likeness (QED) is 0.858. The molecule has 0 saturated heterocycles. The molecule has 0 saturated carbocycles. The van der Waals surface area contributed by atoms with Crippen molar-refractivity contribution < 1.29 is 14.6 Å². The molecule has 1 heterocycles. The van der Waals surface area contributed by atoms with Gasteiger partial charge in [-0.15, -0.1) is 11.3 Å². The van der Waals surface area contributed by atoms with Crippen LogP contribution in [0.3, 0.4) is 0 Å². The number of hydrogen-bond donors (Lipinski definition) is 2. The first-order chi connectivity index (χ1) is 9.61. The molecule has 0 spiro atoms. The summed E-state index contributed by atoms with van der Waals surface area (Å²) in [5, 5.41) is 14.4. The van der Waals surface area contributed by atoms with Crippen molar-refractivity contribution in [3.8, 4) is 5.75 Å². The van der Waals surface area contributed by atoms with E-state index in [1.807, 2.05) is 12.1 Å². The zero-order valence-electron chi connectivity index (χ0n) is 10.7. The van der Waals surface area contributed by atoms with Gasteiger partial charge in [-0.3, -0.25) is 0 Å². The summed E-state index contributed by atoms with van der Waals surface area (Å²) in [6.07, 6.45) is 0. The molecule has 5 nitrogen and oxygen atoms in total. The number of thiazole rings is 1. The molecule has 0 atom stereocenters. The van der Waals surface area contributed by atoms with Gasteiger partial charge in [-0.1, -0.05) is 17.7 Å². The maximum Gasteiger partial charge on any atom is 0.365 e. The molecule has 0 aliphatic heterocycles. The number of aromatic nitrogens is 1. The summed E-state index contributed by atoms with van der Waals surface area (Å²) < 4.78 is 5.25. The molecule has 7 heteroatoms. The number of ether oxygens (including phenoxy) is 1. The molecular formula is C13H13ClN2O3S. The van der Waals surface area contributed by atoms with Gasteiger partial charge in [0, 0.05) is 29.1 Å². The number of benzene rings is 1. The molecule has 0 aliphatic rings. The summed E-state index contributed by atoms with van der Waals surface area (Å²) in [4.78, 5) is 14.7. The third-order valence-corrected chi connectivity index (χ3v) is 3.87. The fraction of sp³-hybridized carbons (Fsp3) is 0.231. The molecule has 0 radical (unpaired) electrons. The van der Waals surface area contributed by atoms with Crippen LogP contribution in [-0.2, 0) is 13.1 Å². The van der Waals surface area contributed by atoms with Crippen LogP contribution >= 0.6 is 22.9 Å². The molecule has 0 aliphatic carbocycles. The van der Waals surface area contributed by atoms with Gasteiger partial charge >= 0.3 is 5.97 Å². The molecule has 1 aromatic heterocycles. The van der Waals surface area contributed by atoms with E-state index in [9.17, 15) is 4.79 Å². The van der Waals surface area contributed by atoms with E-state index in [1.165, 1.54) is 0 Å². The summed E-state index contributed by atoms with van der Waals surface area (Å²) in [5.74, 6) is -0.288. The number of carbonyl (C=O) groups is 1. The highest BCUT2D eigenvalue weighted by Crippen LogP contribution is 2.25. The van der Waals surface area contributed by atoms with Crippen LogP contribution in [0.2, 0.25) is 5.02 Å². The van der Waals surface area contributed by atoms with Crippen LogP contribution in [0.1, 0.15) is 21.1 Å². The predicted octanol–water partition coefficient (Wildman–Crippen LogP) is 2.79. The van der Waals surface area contributed by atoms with Gasteiger partial charge < -0.3 is 15.2 Å². The van der Waals surface area contributed by atoms with Gasteiger partial charge in [-0.25, -0.2) is 9.78 Å². The molecular weight excluding hydrogens is 300 g/mol. The Kier molecular flexibility index (Phi) is 4.94. The fourth-order valence-corrected chi connectivity index (χ4v) is 2.59. The van der Waals surface area contributed by atoms with Gasteiger partial charge in [-0.2, -0.15) is 0 Å². The summed E-state index contributed by atoms with van der Waals surface area (Å²) in [6, 6.07) is 5.46. The van der Waals surface area contributed by atoms with Gasteiger partial charge in [-0.05, 0) is 12.1 Å². The molecule has 20 heavy (non-hydrogen) atoms. The first kappa shape index (κ1) is 14.8. The van der Waals surface area contributed by atoms with Gasteiger partial charge in [0.1, 0.15) is 5.75 Å². The van der Waals surface area contributed by atoms with Crippen molar-refractivity contribution in [3.05, 3.63) is 44.9 Å². The molecule has 2 rings (SSSR count). The van der Waals surface area contributed by atoms with Crippen LogP contribution in [0.15, 0.2) is 23.6 Å². The molecule has 0 unspecified atom stereocenters. The Labute approximate surface area is 125 Å². The minimum Gasteiger partial charge on any atom is -0.496 e. The average molecular weight is 313 g/mol. The SMILES string of the molecule is COc1cccc(Cl)c1CNCc1csc(C(=O)O)n1. The van der Waals surface area contributed by atoms with Crippen LogP contribution in [-0.4, -0.2) is 23.2 Å². The van der Waals surface area contributed by atoms with Crippen molar-refractivity contribution in [2.45, 2.75) is 13.1 Å². The van der Waals surface area contributed by atoms with Crippen molar-refractivity contribution in [3.63, 3.8) is 0 Å². The minimum absolute atomic E-state index is 0.0946. The Hall–Kier alpha value is -1.63. The Bertz CT molecular complexity index is 615. The van der Waals surface area contributed by atoms with E-state index in [4.69, 9.17) is 21.4 Å². The number of hydrogen-bond acceptors (Lipinski definition) is 5. The van der Waals surface area contributed by atoms with Crippen molar-refractivity contribution in [1.29, 1.82) is 0 Å². The molecule has 0 amide bonds. The summed E-state index contributed by atoms with van der Waals surface area (Å²) >= 11 is 7.24. The van der Waals surface area contributed by atoms with Gasteiger partial charge in [0.05, 0.1) is 12.8 Å². The minimum atomic E-state index is -1.01. The normalized spacial score (nSPS) is 10.5. The van der Waals surface area contributed by atoms with E-state index in [-0.39, 0.29) is 5.01 Å². The first-order valence-electron chi connectivity index (χ1n) is 5.81. The smallest absolute Gasteiger partial charge is 0.365 e. The standard InChI is InChI=1S/C13H13ClN2O3S/c1-19-11-4-2-3-10(14)9(11)6-15-5-8-7-20-12(16-8)13(17)18/h2-4,7,15H,5-6H2,1H3,(H,17,18). The number of aromatic carboxylic acids is 1. The zero-order valence-corrected chi connectivity index (χ0v) is 12.3. The second kappa shape index (κ2) is 6.69. The Morgan fingerprint density at radius 3 is 2.95 bits per heavy atom. The number of methoxy groups -OCH3 is 1. The largest absolute Gasteiger partial charge is 0.496 e. The van der Waals surface area contributed by atoms with Crippen molar-refractivity contribution >= 4 is 28.9 Å². The van der Waals surface area contributed by atoms with E-state index in [2.05, 4.69) is 10.3 Å². The lowest BCUT2D eigenvalue weighted by Crippen LogP contribution is -2.14. The number of nitrogens with zero attached hydrogens (tertiary/aromatic N) is 1. The van der Waals surface area contributed by atoms with Gasteiger partial charge in [0.2, 0.25) is 5.01 Å². The first-order valence-corrected chi connectivity index (χ1v) is 7.07. The van der Waals surface area contributed by atoms with Gasteiger partial charge in [0.15, 0.2) is 0 Å². The molecule has 2 aromatic rings. The lowest BCUT2D eigenvalue weighted by atomic mass is 10.2. The summed E-state index contributed by atoms with van der Waals surface area (Å²) in [6.45, 7) is 0.987. The lowest BCUT2D eigenvalue weighted by Gasteiger charge is -2.10. The van der Waals surface area contributed by atoms with E-state index in [1.54, 1.807) is 18.6 Å². The van der Waals surface area contributed by atoms with E-state index in [0.29, 0.717) is 23.8 Å². The topological polar surface area (TPSA) is 71.5 Å². The fourth-order valence-electron chi connectivity index (χ4n) is 1.70. The Morgan fingerprint density at radius 2 is 2.30 bits per heavy atom. The van der Waals surface area contributed by atoms with Crippen LogP contribution in [0.5, 0.6) is 5.75 Å². The summed E-state index contributed by atoms with van der Waals surface area (Å²) in [5.41, 5.74) is 1.56. The predicted molar refractivity (Wildman–Crippen MR) is 77.6 cm³/mol. The number of halogens is 1. The van der Waals surface area contributed by atoms with Crippen LogP contribution in [0.4, 0.5) is 0 Å². The number of carboxylic acid groups (broad SMARTS) is 1. The maximum absolute atomic E-state index is 10.7. The Balaban J connectivity index is 1.97. The number of rotatable bonds is 6. The highest BCUT2D eigenvalue weighted by atomic mass is 35.5. The summed E-state index contributed by atoms with van der Waals surface area (Å²) in [7, 11) is 1.59. The number of nitrogens with one attached hydrogen (secondary N) is 1. The zero-order chi connectivity index (χ0) is 14.5. The molecule has 0 bridgehead atoms. The van der Waals surface area contributed by atoms with Crippen molar-refractivity contribution in [2.24, 2.45) is 0 Å². The maximum atomic E-state index is 10.7. The van der Waals surface area contributed by atoms with E-state index < -0.39 is 5.97 Å². The second-order valence-electron chi connectivity index (χ2n) is 3.97. The average Bonchev–Trinajstić information content (AvgIpc) is 2.89. The lowest BCUT2D eigenvalue weighted by molar-refractivity contribution is 0.0696.